The number of methoxy groups -OCH3 is 1. The number of carbonyl (C=O) groups excluding carboxylic acids is 3. The zero-order valence-corrected chi connectivity index (χ0v) is 17.6. The van der Waals surface area contributed by atoms with Crippen molar-refractivity contribution in [3.63, 3.8) is 0 Å². The molecule has 0 aromatic rings. The Bertz CT molecular complexity index is 685. The van der Waals surface area contributed by atoms with E-state index in [9.17, 15) is 19.5 Å². The number of aliphatic hydroxyl groups is 1. The van der Waals surface area contributed by atoms with E-state index >= 15 is 0 Å². The second-order valence-electron chi connectivity index (χ2n) is 7.00. The van der Waals surface area contributed by atoms with Gasteiger partial charge >= 0.3 is 11.9 Å². The number of unbranched alkanes of at least 4 members (excludes halogenated alkanes) is 3. The third-order valence-corrected chi connectivity index (χ3v) is 4.58. The summed E-state index contributed by atoms with van der Waals surface area (Å²) in [6.07, 6.45) is 15.7. The average Bonchev–Trinajstić information content (AvgIpc) is 2.98. The highest BCUT2D eigenvalue weighted by molar-refractivity contribution is 6.09. The molecular weight excluding hydrogens is 372 g/mol. The van der Waals surface area contributed by atoms with E-state index in [1.165, 1.54) is 26.2 Å². The van der Waals surface area contributed by atoms with E-state index in [1.54, 1.807) is 18.2 Å². The summed E-state index contributed by atoms with van der Waals surface area (Å²) in [5, 5.41) is 9.93. The van der Waals surface area contributed by atoms with Gasteiger partial charge in [0, 0.05) is 25.3 Å². The maximum absolute atomic E-state index is 12.3. The minimum absolute atomic E-state index is 0.0965. The lowest BCUT2D eigenvalue weighted by atomic mass is 9.91. The first-order chi connectivity index (χ1) is 13.8. The lowest BCUT2D eigenvalue weighted by molar-refractivity contribution is -0.149. The Hall–Kier alpha value is -2.47. The highest BCUT2D eigenvalue weighted by Crippen LogP contribution is 2.34. The molecule has 6 heteroatoms. The average molecular weight is 405 g/mol. The van der Waals surface area contributed by atoms with Crippen LogP contribution >= 0.6 is 0 Å². The molecule has 0 spiro atoms. The van der Waals surface area contributed by atoms with E-state index < -0.39 is 23.6 Å². The van der Waals surface area contributed by atoms with Gasteiger partial charge in [0.1, 0.15) is 0 Å². The minimum Gasteiger partial charge on any atom is -0.469 e. The lowest BCUT2D eigenvalue weighted by Gasteiger charge is -2.27. The standard InChI is InChI=1S/C23H32O6/c1-4-5-6-7-8-9-16-23(29-18(2)24)17-15-21(26)20(23)12-10-11-19(25)13-14-22(27)28-3/h8-12,15,17,19,25H,4-7,13-14,16H2,1-3H3/b9-8-,11-10+,20-12-/t19-,23+/m0/s1. The van der Waals surface area contributed by atoms with Crippen LogP contribution in [0.2, 0.25) is 0 Å². The van der Waals surface area contributed by atoms with Crippen LogP contribution in [0.15, 0.2) is 48.1 Å². The van der Waals surface area contributed by atoms with Gasteiger partial charge in [0.2, 0.25) is 0 Å². The maximum atomic E-state index is 12.3. The van der Waals surface area contributed by atoms with E-state index in [1.807, 2.05) is 12.2 Å². The van der Waals surface area contributed by atoms with Crippen molar-refractivity contribution in [2.24, 2.45) is 0 Å². The van der Waals surface area contributed by atoms with E-state index in [0.717, 1.165) is 25.7 Å². The molecule has 0 radical (unpaired) electrons. The smallest absolute Gasteiger partial charge is 0.305 e. The summed E-state index contributed by atoms with van der Waals surface area (Å²) in [5.74, 6) is -1.11. The Kier molecular flexibility index (Phi) is 10.9. The fourth-order valence-electron chi connectivity index (χ4n) is 3.02. The molecule has 0 fully saturated rings. The molecule has 1 N–H and O–H groups in total. The van der Waals surface area contributed by atoms with Crippen molar-refractivity contribution in [1.29, 1.82) is 0 Å². The van der Waals surface area contributed by atoms with Crippen LogP contribution < -0.4 is 0 Å². The third kappa shape index (κ3) is 8.60. The number of ketones is 1. The van der Waals surface area contributed by atoms with E-state index in [0.29, 0.717) is 12.0 Å². The molecule has 1 aliphatic rings. The van der Waals surface area contributed by atoms with Crippen LogP contribution in [-0.4, -0.2) is 41.6 Å². The van der Waals surface area contributed by atoms with Crippen molar-refractivity contribution < 1.29 is 29.0 Å². The van der Waals surface area contributed by atoms with E-state index in [-0.39, 0.29) is 18.6 Å². The van der Waals surface area contributed by atoms with Crippen molar-refractivity contribution in [2.45, 2.75) is 70.5 Å². The number of carbonyl (C=O) groups is 3. The summed E-state index contributed by atoms with van der Waals surface area (Å²) in [6.45, 7) is 3.46. The van der Waals surface area contributed by atoms with Gasteiger partial charge in [-0.05, 0) is 31.4 Å². The Morgan fingerprint density at radius 2 is 2.03 bits per heavy atom. The molecule has 2 atom stereocenters. The van der Waals surface area contributed by atoms with Crippen LogP contribution in [0.5, 0.6) is 0 Å². The topological polar surface area (TPSA) is 89.9 Å². The highest BCUT2D eigenvalue weighted by Gasteiger charge is 2.41. The van der Waals surface area contributed by atoms with Gasteiger partial charge < -0.3 is 14.6 Å². The summed E-state index contributed by atoms with van der Waals surface area (Å²) in [6, 6.07) is 0. The summed E-state index contributed by atoms with van der Waals surface area (Å²) in [4.78, 5) is 35.2. The van der Waals surface area contributed by atoms with Crippen LogP contribution in [-0.2, 0) is 23.9 Å². The summed E-state index contributed by atoms with van der Waals surface area (Å²) >= 11 is 0. The molecule has 0 saturated heterocycles. The number of rotatable bonds is 12. The first kappa shape index (κ1) is 24.6. The number of aliphatic hydroxyl groups excluding tert-OH is 1. The van der Waals surface area contributed by atoms with Gasteiger partial charge in [0.05, 0.1) is 13.2 Å². The van der Waals surface area contributed by atoms with Crippen LogP contribution in [0.3, 0.4) is 0 Å². The first-order valence-corrected chi connectivity index (χ1v) is 10.1. The quantitative estimate of drug-likeness (QED) is 0.231. The first-order valence-electron chi connectivity index (χ1n) is 10.1. The predicted octanol–water partition coefficient (Wildman–Crippen LogP) is 3.75. The molecule has 0 aromatic heterocycles. The molecule has 1 rings (SSSR count). The van der Waals surface area contributed by atoms with E-state index in [2.05, 4.69) is 11.7 Å². The van der Waals surface area contributed by atoms with Gasteiger partial charge in [-0.1, -0.05) is 50.1 Å². The van der Waals surface area contributed by atoms with E-state index in [4.69, 9.17) is 4.74 Å². The van der Waals surface area contributed by atoms with Crippen LogP contribution in [0.1, 0.15) is 58.8 Å². The van der Waals surface area contributed by atoms with Gasteiger partial charge in [-0.25, -0.2) is 0 Å². The molecular formula is C23H32O6. The fourth-order valence-corrected chi connectivity index (χ4v) is 3.02. The largest absolute Gasteiger partial charge is 0.469 e. The number of esters is 2. The molecule has 0 heterocycles. The van der Waals surface area contributed by atoms with Gasteiger partial charge in [0.25, 0.3) is 0 Å². The molecule has 0 unspecified atom stereocenters. The van der Waals surface area contributed by atoms with Crippen LogP contribution in [0.25, 0.3) is 0 Å². The summed E-state index contributed by atoms with van der Waals surface area (Å²) in [5.41, 5.74) is -0.798. The number of hydrogen-bond acceptors (Lipinski definition) is 6. The Balaban J connectivity index is 2.87. The van der Waals surface area contributed by atoms with Gasteiger partial charge in [-0.15, -0.1) is 0 Å². The van der Waals surface area contributed by atoms with Crippen molar-refractivity contribution in [3.05, 3.63) is 48.1 Å². The number of hydrogen-bond donors (Lipinski definition) is 1. The molecule has 0 saturated carbocycles. The number of allylic oxidation sites excluding steroid dienone is 4. The van der Waals surface area contributed by atoms with Crippen molar-refractivity contribution in [3.8, 4) is 0 Å². The van der Waals surface area contributed by atoms with Crippen LogP contribution in [0.4, 0.5) is 0 Å². The molecule has 1 aliphatic carbocycles. The molecule has 0 amide bonds. The molecule has 29 heavy (non-hydrogen) atoms. The molecule has 0 bridgehead atoms. The lowest BCUT2D eigenvalue weighted by Crippen LogP contribution is -2.33. The normalized spacial score (nSPS) is 21.4. The molecule has 0 aliphatic heterocycles. The van der Waals surface area contributed by atoms with Crippen molar-refractivity contribution in [2.75, 3.05) is 7.11 Å². The Labute approximate surface area is 173 Å². The molecule has 160 valence electrons. The van der Waals surface area contributed by atoms with Gasteiger partial charge in [-0.2, -0.15) is 0 Å². The van der Waals surface area contributed by atoms with Gasteiger partial charge in [-0.3, -0.25) is 14.4 Å². The van der Waals surface area contributed by atoms with Gasteiger partial charge in [0.15, 0.2) is 11.4 Å². The number of ether oxygens (including phenoxy) is 2. The Morgan fingerprint density at radius 1 is 1.28 bits per heavy atom. The highest BCUT2D eigenvalue weighted by atomic mass is 16.6. The summed E-state index contributed by atoms with van der Waals surface area (Å²) < 4.78 is 10.1. The van der Waals surface area contributed by atoms with Crippen molar-refractivity contribution >= 4 is 17.7 Å². The second-order valence-corrected chi connectivity index (χ2v) is 7.00. The second kappa shape index (κ2) is 12.9. The molecule has 0 aromatic carbocycles. The zero-order valence-electron chi connectivity index (χ0n) is 17.6. The third-order valence-electron chi connectivity index (χ3n) is 4.58. The van der Waals surface area contributed by atoms with Crippen LogP contribution in [0, 0.1) is 0 Å². The molecule has 6 nitrogen and oxygen atoms in total. The van der Waals surface area contributed by atoms with Crippen molar-refractivity contribution in [1.82, 2.24) is 0 Å². The maximum Gasteiger partial charge on any atom is 0.305 e. The SMILES string of the molecule is CCCCC/C=C\C[C@@]1(OC(C)=O)C=CC(=O)/C1=C/C=C/[C@H](O)CCC(=O)OC. The zero-order chi connectivity index (χ0) is 21.7. The predicted molar refractivity (Wildman–Crippen MR) is 111 cm³/mol. The minimum atomic E-state index is -1.13. The Morgan fingerprint density at radius 3 is 2.69 bits per heavy atom. The monoisotopic (exact) mass is 404 g/mol. The summed E-state index contributed by atoms with van der Waals surface area (Å²) in [7, 11) is 1.29. The fraction of sp³-hybridized carbons (Fsp3) is 0.522.